The molecule has 2 rings (SSSR count). The Morgan fingerprint density at radius 2 is 1.80 bits per heavy atom. The van der Waals surface area contributed by atoms with Gasteiger partial charge in [-0.15, -0.1) is 23.5 Å². The zero-order valence-corrected chi connectivity index (χ0v) is 16.3. The molecule has 132 valence electrons. The first kappa shape index (κ1) is 19.5. The van der Waals surface area contributed by atoms with E-state index >= 15 is 0 Å². The SMILES string of the molecule is CCSC(SCC)=C(C(=O)/C=C/c1ccco1)c1ccc(OC)cc1. The zero-order chi connectivity index (χ0) is 18.1. The van der Waals surface area contributed by atoms with Gasteiger partial charge in [0.1, 0.15) is 11.5 Å². The fourth-order valence-corrected chi connectivity index (χ4v) is 4.48. The molecule has 2 aromatic rings. The summed E-state index contributed by atoms with van der Waals surface area (Å²) in [6.07, 6.45) is 4.87. The summed E-state index contributed by atoms with van der Waals surface area (Å²) < 4.78 is 11.5. The molecule has 0 aliphatic heterocycles. The third-order valence-electron chi connectivity index (χ3n) is 3.32. The molecular weight excluding hydrogens is 352 g/mol. The van der Waals surface area contributed by atoms with Gasteiger partial charge in [0.25, 0.3) is 0 Å². The number of allylic oxidation sites excluding steroid dienone is 2. The largest absolute Gasteiger partial charge is 0.497 e. The summed E-state index contributed by atoms with van der Waals surface area (Å²) in [4.78, 5) is 12.9. The Bertz CT molecular complexity index is 721. The van der Waals surface area contributed by atoms with Crippen molar-refractivity contribution in [2.45, 2.75) is 13.8 Å². The number of methoxy groups -OCH3 is 1. The van der Waals surface area contributed by atoms with E-state index in [9.17, 15) is 4.79 Å². The Morgan fingerprint density at radius 3 is 2.32 bits per heavy atom. The molecule has 0 N–H and O–H groups in total. The van der Waals surface area contributed by atoms with Crippen LogP contribution in [0.1, 0.15) is 25.2 Å². The Hall–Kier alpha value is -1.85. The third kappa shape index (κ3) is 5.58. The Kier molecular flexibility index (Phi) is 7.95. The Morgan fingerprint density at radius 1 is 1.12 bits per heavy atom. The number of benzene rings is 1. The average Bonchev–Trinajstić information content (AvgIpc) is 3.15. The van der Waals surface area contributed by atoms with E-state index in [0.717, 1.165) is 32.6 Å². The normalized spacial score (nSPS) is 10.8. The standard InChI is InChI=1S/C20H22O3S2/c1-4-24-20(25-5-2)19(15-8-10-16(22-3)11-9-15)18(21)13-12-17-7-6-14-23-17/h6-14H,4-5H2,1-3H3/b13-12+. The fraction of sp³-hybridized carbons (Fsp3) is 0.250. The van der Waals surface area contributed by atoms with Crippen LogP contribution in [0.3, 0.4) is 0 Å². The summed E-state index contributed by atoms with van der Waals surface area (Å²) in [6, 6.07) is 11.2. The summed E-state index contributed by atoms with van der Waals surface area (Å²) in [7, 11) is 1.63. The summed E-state index contributed by atoms with van der Waals surface area (Å²) in [5.74, 6) is 3.23. The van der Waals surface area contributed by atoms with E-state index in [1.165, 1.54) is 0 Å². The maximum absolute atomic E-state index is 12.9. The number of furan rings is 1. The molecule has 0 saturated heterocycles. The summed E-state index contributed by atoms with van der Waals surface area (Å²) in [5, 5.41) is 0. The first-order chi connectivity index (χ1) is 12.2. The first-order valence-electron chi connectivity index (χ1n) is 8.09. The van der Waals surface area contributed by atoms with Crippen LogP contribution in [-0.2, 0) is 4.79 Å². The van der Waals surface area contributed by atoms with Crippen LogP contribution in [0.25, 0.3) is 11.6 Å². The lowest BCUT2D eigenvalue weighted by Crippen LogP contribution is -2.01. The van der Waals surface area contributed by atoms with Crippen molar-refractivity contribution in [3.05, 3.63) is 64.3 Å². The molecule has 1 aromatic heterocycles. The molecule has 0 radical (unpaired) electrons. The molecular formula is C20H22O3S2. The van der Waals surface area contributed by atoms with Crippen molar-refractivity contribution in [2.75, 3.05) is 18.6 Å². The lowest BCUT2D eigenvalue weighted by molar-refractivity contribution is -0.109. The van der Waals surface area contributed by atoms with Gasteiger partial charge in [0, 0.05) is 5.57 Å². The van der Waals surface area contributed by atoms with Crippen LogP contribution in [0.5, 0.6) is 5.75 Å². The monoisotopic (exact) mass is 374 g/mol. The summed E-state index contributed by atoms with van der Waals surface area (Å²) in [5.41, 5.74) is 1.62. The number of hydrogen-bond donors (Lipinski definition) is 0. The van der Waals surface area contributed by atoms with E-state index in [1.807, 2.05) is 30.3 Å². The minimum Gasteiger partial charge on any atom is -0.497 e. The van der Waals surface area contributed by atoms with Gasteiger partial charge in [0.2, 0.25) is 0 Å². The number of carbonyl (C=O) groups excluding carboxylic acids is 1. The number of thioether (sulfide) groups is 2. The van der Waals surface area contributed by atoms with Crippen LogP contribution in [0, 0.1) is 0 Å². The van der Waals surface area contributed by atoms with Crippen molar-refractivity contribution >= 4 is 41.0 Å². The third-order valence-corrected chi connectivity index (χ3v) is 5.54. The second kappa shape index (κ2) is 10.2. The lowest BCUT2D eigenvalue weighted by Gasteiger charge is -2.12. The van der Waals surface area contributed by atoms with Crippen molar-refractivity contribution in [1.29, 1.82) is 0 Å². The number of hydrogen-bond acceptors (Lipinski definition) is 5. The number of ether oxygens (including phenoxy) is 1. The predicted octanol–water partition coefficient (Wildman–Crippen LogP) is 5.75. The van der Waals surface area contributed by atoms with Crippen LogP contribution in [-0.4, -0.2) is 24.4 Å². The molecule has 25 heavy (non-hydrogen) atoms. The van der Waals surface area contributed by atoms with Crippen molar-refractivity contribution in [1.82, 2.24) is 0 Å². The van der Waals surface area contributed by atoms with Gasteiger partial charge >= 0.3 is 0 Å². The predicted molar refractivity (Wildman–Crippen MR) is 109 cm³/mol. The average molecular weight is 375 g/mol. The highest BCUT2D eigenvalue weighted by Crippen LogP contribution is 2.37. The molecule has 0 unspecified atom stereocenters. The number of rotatable bonds is 9. The van der Waals surface area contributed by atoms with Gasteiger partial charge in [-0.1, -0.05) is 26.0 Å². The molecule has 0 aliphatic carbocycles. The van der Waals surface area contributed by atoms with Gasteiger partial charge in [-0.2, -0.15) is 0 Å². The van der Waals surface area contributed by atoms with Crippen molar-refractivity contribution in [3.63, 3.8) is 0 Å². The van der Waals surface area contributed by atoms with Gasteiger partial charge in [0.15, 0.2) is 5.78 Å². The minimum atomic E-state index is -0.0292. The second-order valence-corrected chi connectivity index (χ2v) is 7.78. The summed E-state index contributed by atoms with van der Waals surface area (Å²) >= 11 is 3.40. The van der Waals surface area contributed by atoms with Gasteiger partial charge in [-0.05, 0) is 53.5 Å². The van der Waals surface area contributed by atoms with Crippen molar-refractivity contribution in [3.8, 4) is 5.75 Å². The molecule has 0 amide bonds. The van der Waals surface area contributed by atoms with Gasteiger partial charge in [-0.25, -0.2) is 0 Å². The maximum atomic E-state index is 12.9. The molecule has 0 saturated carbocycles. The Labute approximate surface area is 157 Å². The van der Waals surface area contributed by atoms with Gasteiger partial charge in [0.05, 0.1) is 17.6 Å². The lowest BCUT2D eigenvalue weighted by atomic mass is 10.0. The van der Waals surface area contributed by atoms with Crippen molar-refractivity contribution in [2.24, 2.45) is 0 Å². The quantitative estimate of drug-likeness (QED) is 0.523. The van der Waals surface area contributed by atoms with Crippen LogP contribution >= 0.6 is 23.5 Å². The molecule has 0 spiro atoms. The van der Waals surface area contributed by atoms with Gasteiger partial charge in [-0.3, -0.25) is 4.79 Å². The molecule has 1 heterocycles. The highest BCUT2D eigenvalue weighted by atomic mass is 32.2. The molecule has 0 bridgehead atoms. The van der Waals surface area contributed by atoms with E-state index in [0.29, 0.717) is 5.76 Å². The highest BCUT2D eigenvalue weighted by molar-refractivity contribution is 8.22. The minimum absolute atomic E-state index is 0.0292. The van der Waals surface area contributed by atoms with E-state index in [4.69, 9.17) is 9.15 Å². The van der Waals surface area contributed by atoms with Crippen LogP contribution in [0.2, 0.25) is 0 Å². The first-order valence-corrected chi connectivity index (χ1v) is 10.1. The number of ketones is 1. The van der Waals surface area contributed by atoms with E-state index in [-0.39, 0.29) is 5.78 Å². The zero-order valence-electron chi connectivity index (χ0n) is 14.7. The van der Waals surface area contributed by atoms with Crippen LogP contribution in [0.15, 0.2) is 57.4 Å². The van der Waals surface area contributed by atoms with Crippen molar-refractivity contribution < 1.29 is 13.9 Å². The molecule has 0 aliphatic rings. The number of carbonyl (C=O) groups is 1. The topological polar surface area (TPSA) is 39.4 Å². The maximum Gasteiger partial charge on any atom is 0.188 e. The molecule has 0 fully saturated rings. The summed E-state index contributed by atoms with van der Waals surface area (Å²) in [6.45, 7) is 4.19. The fourth-order valence-electron chi connectivity index (χ4n) is 2.19. The Balaban J connectivity index is 2.42. The van der Waals surface area contributed by atoms with E-state index in [2.05, 4.69) is 13.8 Å². The van der Waals surface area contributed by atoms with Crippen LogP contribution < -0.4 is 4.74 Å². The van der Waals surface area contributed by atoms with Crippen LogP contribution in [0.4, 0.5) is 0 Å². The van der Waals surface area contributed by atoms with E-state index in [1.54, 1.807) is 55.1 Å². The second-order valence-electron chi connectivity index (χ2n) is 4.97. The molecule has 3 nitrogen and oxygen atoms in total. The molecule has 5 heteroatoms. The molecule has 0 atom stereocenters. The highest BCUT2D eigenvalue weighted by Gasteiger charge is 2.16. The molecule has 1 aromatic carbocycles. The smallest absolute Gasteiger partial charge is 0.188 e. The van der Waals surface area contributed by atoms with Gasteiger partial charge < -0.3 is 9.15 Å². The van der Waals surface area contributed by atoms with E-state index < -0.39 is 0 Å².